The van der Waals surface area contributed by atoms with Crippen LogP contribution in [-0.2, 0) is 11.8 Å². The van der Waals surface area contributed by atoms with E-state index in [-0.39, 0.29) is 6.42 Å². The predicted molar refractivity (Wildman–Crippen MR) is 77.3 cm³/mol. The molecule has 2 aromatic heterocycles. The fourth-order valence-corrected chi connectivity index (χ4v) is 2.08. The van der Waals surface area contributed by atoms with Crippen molar-refractivity contribution < 1.29 is 14.3 Å². The van der Waals surface area contributed by atoms with Crippen LogP contribution in [0.5, 0.6) is 0 Å². The van der Waals surface area contributed by atoms with Gasteiger partial charge in [0, 0.05) is 24.4 Å². The Labute approximate surface area is 120 Å². The van der Waals surface area contributed by atoms with Crippen LogP contribution >= 0.6 is 0 Å². The molecule has 0 amide bonds. The second kappa shape index (κ2) is 5.24. The first-order valence-electron chi connectivity index (χ1n) is 6.39. The van der Waals surface area contributed by atoms with E-state index in [1.165, 1.54) is 0 Å². The van der Waals surface area contributed by atoms with Gasteiger partial charge in [-0.1, -0.05) is 12.1 Å². The molecular weight excluding hydrogens is 270 g/mol. The molecule has 3 aromatic rings. The lowest BCUT2D eigenvalue weighted by atomic mass is 10.1. The third kappa shape index (κ3) is 2.84. The highest BCUT2D eigenvalue weighted by Gasteiger charge is 2.14. The van der Waals surface area contributed by atoms with Crippen molar-refractivity contribution in [2.24, 2.45) is 7.05 Å². The van der Waals surface area contributed by atoms with Gasteiger partial charge in [-0.05, 0) is 18.2 Å². The number of aromatic nitrogens is 3. The molecule has 3 rings (SSSR count). The van der Waals surface area contributed by atoms with E-state index >= 15 is 0 Å². The molecule has 0 fully saturated rings. The van der Waals surface area contributed by atoms with Gasteiger partial charge < -0.3 is 9.52 Å². The molecule has 21 heavy (non-hydrogen) atoms. The second-order valence-corrected chi connectivity index (χ2v) is 4.67. The number of aliphatic carboxylic acids is 1. The summed E-state index contributed by atoms with van der Waals surface area (Å²) in [6, 6.07) is 7.33. The monoisotopic (exact) mass is 283 g/mol. The largest absolute Gasteiger partial charge is 0.481 e. The summed E-state index contributed by atoms with van der Waals surface area (Å²) in [7, 11) is 1.80. The molecule has 106 valence electrons. The highest BCUT2D eigenvalue weighted by Crippen LogP contribution is 2.25. The number of carboxylic acid groups (broad SMARTS) is 1. The minimum atomic E-state index is -0.938. The van der Waals surface area contributed by atoms with Crippen molar-refractivity contribution in [1.82, 2.24) is 14.8 Å². The minimum Gasteiger partial charge on any atom is -0.481 e. The maximum absolute atomic E-state index is 11.1. The smallest absolute Gasteiger partial charge is 0.308 e. The molecule has 1 aromatic carbocycles. The van der Waals surface area contributed by atoms with Gasteiger partial charge in [0.05, 0.1) is 12.6 Å². The van der Waals surface area contributed by atoms with Gasteiger partial charge in [-0.25, -0.2) is 4.98 Å². The SMILES string of the molecule is Cn1cc(/C=C(\CC(=O)O)c2nc3ccccc3o2)cn1. The Balaban J connectivity index is 2.06. The number of hydrogen-bond acceptors (Lipinski definition) is 4. The minimum absolute atomic E-state index is 0.165. The zero-order valence-corrected chi connectivity index (χ0v) is 11.4. The topological polar surface area (TPSA) is 81.2 Å². The van der Waals surface area contributed by atoms with Crippen LogP contribution in [0.4, 0.5) is 0 Å². The molecule has 0 spiro atoms. The Bertz CT molecular complexity index is 796. The Kier molecular flexibility index (Phi) is 3.27. The van der Waals surface area contributed by atoms with E-state index in [2.05, 4.69) is 10.1 Å². The normalized spacial score (nSPS) is 12.0. The zero-order chi connectivity index (χ0) is 14.8. The number of carboxylic acids is 1. The summed E-state index contributed by atoms with van der Waals surface area (Å²) in [5.74, 6) is -0.616. The first-order chi connectivity index (χ1) is 10.1. The summed E-state index contributed by atoms with van der Waals surface area (Å²) < 4.78 is 7.29. The van der Waals surface area contributed by atoms with E-state index in [1.807, 2.05) is 18.2 Å². The molecule has 0 saturated carbocycles. The van der Waals surface area contributed by atoms with Crippen molar-refractivity contribution in [2.45, 2.75) is 6.42 Å². The molecular formula is C15H13N3O3. The predicted octanol–water partition coefficient (Wildman–Crippen LogP) is 2.58. The summed E-state index contributed by atoms with van der Waals surface area (Å²) in [5.41, 5.74) is 2.65. The number of fused-ring (bicyclic) bond motifs is 1. The fourth-order valence-electron chi connectivity index (χ4n) is 2.08. The third-order valence-corrected chi connectivity index (χ3v) is 2.98. The molecule has 6 heteroatoms. The van der Waals surface area contributed by atoms with Crippen molar-refractivity contribution in [3.63, 3.8) is 0 Å². The van der Waals surface area contributed by atoms with Crippen LogP contribution in [0.3, 0.4) is 0 Å². The summed E-state index contributed by atoms with van der Waals surface area (Å²) >= 11 is 0. The van der Waals surface area contributed by atoms with Gasteiger partial charge in [-0.3, -0.25) is 9.48 Å². The van der Waals surface area contributed by atoms with Gasteiger partial charge in [-0.15, -0.1) is 0 Å². The molecule has 0 unspecified atom stereocenters. The van der Waals surface area contributed by atoms with Crippen molar-refractivity contribution in [3.8, 4) is 0 Å². The van der Waals surface area contributed by atoms with E-state index in [0.717, 1.165) is 5.56 Å². The molecule has 0 aliphatic rings. The van der Waals surface area contributed by atoms with Crippen molar-refractivity contribution in [1.29, 1.82) is 0 Å². The summed E-state index contributed by atoms with van der Waals surface area (Å²) in [5, 5.41) is 13.1. The first-order valence-corrected chi connectivity index (χ1v) is 6.39. The molecule has 0 atom stereocenters. The number of oxazole rings is 1. The van der Waals surface area contributed by atoms with Crippen LogP contribution in [0.1, 0.15) is 17.9 Å². The molecule has 1 N–H and O–H groups in total. The Morgan fingerprint density at radius 3 is 2.90 bits per heavy atom. The Morgan fingerprint density at radius 2 is 2.24 bits per heavy atom. The molecule has 0 saturated heterocycles. The van der Waals surface area contributed by atoms with Crippen LogP contribution in [-0.4, -0.2) is 25.8 Å². The number of rotatable bonds is 4. The van der Waals surface area contributed by atoms with E-state index in [0.29, 0.717) is 22.6 Å². The third-order valence-electron chi connectivity index (χ3n) is 2.98. The van der Waals surface area contributed by atoms with Crippen LogP contribution < -0.4 is 0 Å². The molecule has 0 bridgehead atoms. The summed E-state index contributed by atoms with van der Waals surface area (Å²) in [6.45, 7) is 0. The lowest BCUT2D eigenvalue weighted by Gasteiger charge is -1.98. The van der Waals surface area contributed by atoms with Gasteiger partial charge in [0.2, 0.25) is 5.89 Å². The second-order valence-electron chi connectivity index (χ2n) is 4.67. The Hall–Kier alpha value is -2.89. The van der Waals surface area contributed by atoms with E-state index < -0.39 is 5.97 Å². The number of carbonyl (C=O) groups is 1. The lowest BCUT2D eigenvalue weighted by molar-refractivity contribution is -0.135. The number of benzene rings is 1. The van der Waals surface area contributed by atoms with Crippen molar-refractivity contribution in [3.05, 3.63) is 48.1 Å². The Morgan fingerprint density at radius 1 is 1.43 bits per heavy atom. The van der Waals surface area contributed by atoms with Crippen LogP contribution in [0, 0.1) is 0 Å². The van der Waals surface area contributed by atoms with Gasteiger partial charge >= 0.3 is 5.97 Å². The molecule has 0 aliphatic heterocycles. The standard InChI is InChI=1S/C15H13N3O3/c1-18-9-10(8-16-18)6-11(7-14(19)20)15-17-12-4-2-3-5-13(12)21-15/h2-6,8-9H,7H2,1H3,(H,19,20)/b11-6+. The maximum atomic E-state index is 11.1. The number of aryl methyl sites for hydroxylation is 1. The molecule has 6 nitrogen and oxygen atoms in total. The van der Waals surface area contributed by atoms with Crippen LogP contribution in [0.2, 0.25) is 0 Å². The first kappa shape index (κ1) is 13.1. The quantitative estimate of drug-likeness (QED) is 0.795. The molecule has 2 heterocycles. The number of hydrogen-bond donors (Lipinski definition) is 1. The molecule has 0 aliphatic carbocycles. The summed E-state index contributed by atoms with van der Waals surface area (Å²) in [6.07, 6.45) is 5.02. The van der Waals surface area contributed by atoms with E-state index in [4.69, 9.17) is 9.52 Å². The van der Waals surface area contributed by atoms with Crippen molar-refractivity contribution in [2.75, 3.05) is 0 Å². The average Bonchev–Trinajstić information content (AvgIpc) is 3.03. The average molecular weight is 283 g/mol. The van der Waals surface area contributed by atoms with E-state index in [9.17, 15) is 4.79 Å². The van der Waals surface area contributed by atoms with E-state index in [1.54, 1.807) is 36.3 Å². The van der Waals surface area contributed by atoms with Crippen molar-refractivity contribution >= 4 is 28.7 Å². The van der Waals surface area contributed by atoms with Gasteiger partial charge in [0.25, 0.3) is 0 Å². The molecule has 0 radical (unpaired) electrons. The zero-order valence-electron chi connectivity index (χ0n) is 11.4. The number of nitrogens with zero attached hydrogens (tertiary/aromatic N) is 3. The van der Waals surface area contributed by atoms with Gasteiger partial charge in [-0.2, -0.15) is 5.10 Å². The number of para-hydroxylation sites is 2. The summed E-state index contributed by atoms with van der Waals surface area (Å²) in [4.78, 5) is 15.4. The van der Waals surface area contributed by atoms with Gasteiger partial charge in [0.15, 0.2) is 5.58 Å². The fraction of sp³-hybridized carbons (Fsp3) is 0.133. The highest BCUT2D eigenvalue weighted by atomic mass is 16.4. The van der Waals surface area contributed by atoms with Crippen LogP contribution in [0.25, 0.3) is 22.7 Å². The highest BCUT2D eigenvalue weighted by molar-refractivity contribution is 5.90. The van der Waals surface area contributed by atoms with Gasteiger partial charge in [0.1, 0.15) is 5.52 Å². The lowest BCUT2D eigenvalue weighted by Crippen LogP contribution is -1.97. The van der Waals surface area contributed by atoms with Crippen LogP contribution in [0.15, 0.2) is 41.1 Å². The maximum Gasteiger partial charge on any atom is 0.308 e.